The van der Waals surface area contributed by atoms with Crippen LogP contribution in [0.4, 0.5) is 5.00 Å². The predicted octanol–water partition coefficient (Wildman–Crippen LogP) is 4.00. The molecule has 1 saturated carbocycles. The van der Waals surface area contributed by atoms with Crippen LogP contribution in [0, 0.1) is 16.7 Å². The van der Waals surface area contributed by atoms with Gasteiger partial charge in [0, 0.05) is 17.3 Å². The van der Waals surface area contributed by atoms with E-state index >= 15 is 0 Å². The number of anilines is 1. The third-order valence-electron chi connectivity index (χ3n) is 6.20. The van der Waals surface area contributed by atoms with E-state index in [9.17, 15) is 9.59 Å². The molecule has 2 aliphatic carbocycles. The second-order valence-corrected chi connectivity index (χ2v) is 9.29. The van der Waals surface area contributed by atoms with Crippen molar-refractivity contribution < 1.29 is 9.59 Å². The van der Waals surface area contributed by atoms with Gasteiger partial charge in [-0.05, 0) is 42.1 Å². The minimum atomic E-state index is -0.0409. The number of amides is 2. The van der Waals surface area contributed by atoms with Crippen LogP contribution in [0.3, 0.4) is 0 Å². The van der Waals surface area contributed by atoms with Gasteiger partial charge < -0.3 is 10.6 Å². The molecule has 1 heterocycles. The highest BCUT2D eigenvalue weighted by Gasteiger charge is 2.68. The minimum Gasteiger partial charge on any atom is -0.352 e. The Bertz CT molecular complexity index is 674. The van der Waals surface area contributed by atoms with Crippen LogP contribution in [-0.4, -0.2) is 18.4 Å². The number of rotatable bonds is 5. The lowest BCUT2D eigenvalue weighted by Crippen LogP contribution is -2.26. The molecule has 1 fully saturated rings. The molecule has 0 aliphatic heterocycles. The summed E-state index contributed by atoms with van der Waals surface area (Å²) in [5.74, 6) is 0.00354. The van der Waals surface area contributed by atoms with Crippen LogP contribution >= 0.6 is 11.3 Å². The molecule has 4 nitrogen and oxygen atoms in total. The van der Waals surface area contributed by atoms with Crippen molar-refractivity contribution in [2.75, 3.05) is 11.9 Å². The SMILES string of the molecule is CCCNC(=O)c1c(NC(=O)C2C(C)(C)C2(C)C)sc2c1CCC2. The molecule has 1 aromatic heterocycles. The number of carbonyl (C=O) groups excluding carboxylic acids is 2. The number of hydrogen-bond acceptors (Lipinski definition) is 3. The Balaban J connectivity index is 1.84. The van der Waals surface area contributed by atoms with Crippen molar-refractivity contribution in [1.82, 2.24) is 5.32 Å². The zero-order chi connectivity index (χ0) is 17.7. The van der Waals surface area contributed by atoms with Crippen LogP contribution in [0.2, 0.25) is 0 Å². The first-order chi connectivity index (χ1) is 11.2. The topological polar surface area (TPSA) is 58.2 Å². The van der Waals surface area contributed by atoms with Gasteiger partial charge in [0.25, 0.3) is 5.91 Å². The number of thiophene rings is 1. The lowest BCUT2D eigenvalue weighted by Gasteiger charge is -2.10. The molecule has 132 valence electrons. The summed E-state index contributed by atoms with van der Waals surface area (Å²) >= 11 is 1.59. The second-order valence-electron chi connectivity index (χ2n) is 8.18. The molecular formula is C19H28N2O2S. The van der Waals surface area contributed by atoms with E-state index in [1.165, 1.54) is 4.88 Å². The van der Waals surface area contributed by atoms with E-state index in [1.807, 2.05) is 6.92 Å². The van der Waals surface area contributed by atoms with Gasteiger partial charge in [0.1, 0.15) is 5.00 Å². The summed E-state index contributed by atoms with van der Waals surface area (Å²) in [6, 6.07) is 0. The molecule has 2 N–H and O–H groups in total. The van der Waals surface area contributed by atoms with E-state index in [0.29, 0.717) is 12.1 Å². The molecule has 0 bridgehead atoms. The van der Waals surface area contributed by atoms with E-state index in [1.54, 1.807) is 11.3 Å². The second kappa shape index (κ2) is 5.87. The molecule has 3 rings (SSSR count). The van der Waals surface area contributed by atoms with Crippen molar-refractivity contribution in [3.8, 4) is 0 Å². The lowest BCUT2D eigenvalue weighted by atomic mass is 10.0. The first-order valence-electron chi connectivity index (χ1n) is 8.95. The average molecular weight is 349 g/mol. The van der Waals surface area contributed by atoms with Gasteiger partial charge in [0.05, 0.1) is 5.56 Å². The van der Waals surface area contributed by atoms with E-state index < -0.39 is 0 Å². The monoisotopic (exact) mass is 348 g/mol. The normalized spacial score (nSPS) is 20.5. The van der Waals surface area contributed by atoms with E-state index in [0.717, 1.165) is 36.2 Å². The Hall–Kier alpha value is -1.36. The summed E-state index contributed by atoms with van der Waals surface area (Å²) in [5.41, 5.74) is 1.87. The largest absolute Gasteiger partial charge is 0.352 e. The molecular weight excluding hydrogens is 320 g/mol. The summed E-state index contributed by atoms with van der Waals surface area (Å²) < 4.78 is 0. The van der Waals surface area contributed by atoms with Crippen molar-refractivity contribution >= 4 is 28.2 Å². The van der Waals surface area contributed by atoms with Crippen molar-refractivity contribution in [2.24, 2.45) is 16.7 Å². The summed E-state index contributed by atoms with van der Waals surface area (Å²) in [7, 11) is 0. The average Bonchev–Trinajstić information content (AvgIpc) is 2.86. The summed E-state index contributed by atoms with van der Waals surface area (Å²) in [6.45, 7) is 11.3. The maximum atomic E-state index is 12.8. The van der Waals surface area contributed by atoms with Crippen LogP contribution < -0.4 is 10.6 Å². The van der Waals surface area contributed by atoms with Gasteiger partial charge in [-0.3, -0.25) is 9.59 Å². The van der Waals surface area contributed by atoms with Gasteiger partial charge in [-0.2, -0.15) is 0 Å². The maximum Gasteiger partial charge on any atom is 0.254 e. The molecule has 2 amide bonds. The predicted molar refractivity (Wildman–Crippen MR) is 98.6 cm³/mol. The fraction of sp³-hybridized carbons (Fsp3) is 0.684. The Morgan fingerprint density at radius 3 is 2.42 bits per heavy atom. The molecule has 0 atom stereocenters. The van der Waals surface area contributed by atoms with E-state index in [2.05, 4.69) is 38.3 Å². The first-order valence-corrected chi connectivity index (χ1v) is 9.77. The van der Waals surface area contributed by atoms with Crippen molar-refractivity contribution in [1.29, 1.82) is 0 Å². The van der Waals surface area contributed by atoms with Crippen LogP contribution in [0.1, 0.15) is 68.3 Å². The summed E-state index contributed by atoms with van der Waals surface area (Å²) in [4.78, 5) is 26.7. The quantitative estimate of drug-likeness (QED) is 0.845. The van der Waals surface area contributed by atoms with Gasteiger partial charge in [-0.1, -0.05) is 34.6 Å². The van der Waals surface area contributed by atoms with Crippen LogP contribution in [-0.2, 0) is 17.6 Å². The zero-order valence-electron chi connectivity index (χ0n) is 15.3. The lowest BCUT2D eigenvalue weighted by molar-refractivity contribution is -0.118. The fourth-order valence-corrected chi connectivity index (χ4v) is 5.39. The highest BCUT2D eigenvalue weighted by atomic mass is 32.1. The molecule has 0 radical (unpaired) electrons. The third-order valence-corrected chi connectivity index (χ3v) is 7.41. The molecule has 5 heteroatoms. The maximum absolute atomic E-state index is 12.8. The molecule has 24 heavy (non-hydrogen) atoms. The zero-order valence-corrected chi connectivity index (χ0v) is 16.2. The fourth-order valence-electron chi connectivity index (χ4n) is 4.10. The van der Waals surface area contributed by atoms with Gasteiger partial charge in [-0.15, -0.1) is 11.3 Å². The van der Waals surface area contributed by atoms with E-state index in [4.69, 9.17) is 0 Å². The molecule has 2 aliphatic rings. The van der Waals surface area contributed by atoms with Crippen molar-refractivity contribution in [3.63, 3.8) is 0 Å². The smallest absolute Gasteiger partial charge is 0.254 e. The molecule has 0 saturated heterocycles. The Morgan fingerprint density at radius 1 is 1.17 bits per heavy atom. The molecule has 0 aromatic carbocycles. The van der Waals surface area contributed by atoms with Crippen LogP contribution in [0.5, 0.6) is 0 Å². The Morgan fingerprint density at radius 2 is 1.83 bits per heavy atom. The van der Waals surface area contributed by atoms with Crippen molar-refractivity contribution in [2.45, 2.75) is 60.3 Å². The highest BCUT2D eigenvalue weighted by molar-refractivity contribution is 7.17. The van der Waals surface area contributed by atoms with Crippen molar-refractivity contribution in [3.05, 3.63) is 16.0 Å². The van der Waals surface area contributed by atoms with E-state index in [-0.39, 0.29) is 28.6 Å². The minimum absolute atomic E-state index is 0.00169. The standard InChI is InChI=1S/C19H28N2O2S/c1-6-10-20-15(22)13-11-8-7-9-12(11)24-17(13)21-16(23)14-18(2,3)19(14,4)5/h14H,6-10H2,1-5H3,(H,20,22)(H,21,23). The molecule has 0 spiro atoms. The van der Waals surface area contributed by atoms with Gasteiger partial charge in [-0.25, -0.2) is 0 Å². The number of nitrogens with one attached hydrogen (secondary N) is 2. The number of fused-ring (bicyclic) bond motifs is 1. The first kappa shape index (κ1) is 17.5. The summed E-state index contributed by atoms with van der Waals surface area (Å²) in [5, 5.41) is 6.81. The third kappa shape index (κ3) is 2.57. The van der Waals surface area contributed by atoms with Crippen LogP contribution in [0.15, 0.2) is 0 Å². The van der Waals surface area contributed by atoms with Gasteiger partial charge in [0.2, 0.25) is 5.91 Å². The number of hydrogen-bond donors (Lipinski definition) is 2. The van der Waals surface area contributed by atoms with Crippen LogP contribution in [0.25, 0.3) is 0 Å². The summed E-state index contributed by atoms with van der Waals surface area (Å²) in [6.07, 6.45) is 3.97. The molecule has 0 unspecified atom stereocenters. The Labute approximate surface area is 148 Å². The van der Waals surface area contributed by atoms with Gasteiger partial charge in [0.15, 0.2) is 0 Å². The van der Waals surface area contributed by atoms with Gasteiger partial charge >= 0.3 is 0 Å². The molecule has 1 aromatic rings. The number of aryl methyl sites for hydroxylation is 1. The number of carbonyl (C=O) groups is 2. The Kier molecular flexibility index (Phi) is 4.27. The highest BCUT2D eigenvalue weighted by Crippen LogP contribution is 2.68.